The molecule has 9 atom stereocenters. The molecular formula is C34H62. The van der Waals surface area contributed by atoms with E-state index in [9.17, 15) is 0 Å². The van der Waals surface area contributed by atoms with Crippen molar-refractivity contribution in [1.29, 1.82) is 0 Å². The van der Waals surface area contributed by atoms with Gasteiger partial charge >= 0.3 is 0 Å². The first-order valence-corrected chi connectivity index (χ1v) is 15.0. The third-order valence-electron chi connectivity index (χ3n) is 12.2. The third-order valence-corrected chi connectivity index (χ3v) is 12.2. The van der Waals surface area contributed by atoms with Crippen molar-refractivity contribution >= 4 is 0 Å². The molecule has 0 radical (unpaired) electrons. The minimum Gasteiger partial charge on any atom is -0.103 e. The summed E-state index contributed by atoms with van der Waals surface area (Å²) in [6.07, 6.45) is 16.6. The van der Waals surface area contributed by atoms with Gasteiger partial charge in [-0.3, -0.25) is 0 Å². The van der Waals surface area contributed by atoms with Crippen LogP contribution in [0.15, 0.2) is 25.3 Å². The molecule has 34 heavy (non-hydrogen) atoms. The van der Waals surface area contributed by atoms with Gasteiger partial charge in [-0.05, 0) is 82.3 Å². The highest BCUT2D eigenvalue weighted by Gasteiger charge is 2.82. The fourth-order valence-corrected chi connectivity index (χ4v) is 11.2. The third kappa shape index (κ3) is 3.74. The Hall–Kier alpha value is -0.520. The van der Waals surface area contributed by atoms with Crippen LogP contribution in [0.25, 0.3) is 0 Å². The van der Waals surface area contributed by atoms with Crippen LogP contribution in [-0.4, -0.2) is 0 Å². The Bertz CT molecular complexity index is 703. The molecule has 0 spiro atoms. The quantitative estimate of drug-likeness (QED) is 0.221. The summed E-state index contributed by atoms with van der Waals surface area (Å²) in [5.74, 6) is 3.47. The van der Waals surface area contributed by atoms with Crippen LogP contribution in [0.3, 0.4) is 0 Å². The summed E-state index contributed by atoms with van der Waals surface area (Å²) in [7, 11) is 0. The van der Waals surface area contributed by atoms with Crippen molar-refractivity contribution in [3.8, 4) is 0 Å². The molecule has 0 aromatic rings. The molecule has 2 rings (SSSR count). The number of hydrogen-bond acceptors (Lipinski definition) is 0. The van der Waals surface area contributed by atoms with Crippen LogP contribution < -0.4 is 0 Å². The van der Waals surface area contributed by atoms with E-state index < -0.39 is 0 Å². The molecule has 198 valence electrons. The molecule has 2 aliphatic rings. The van der Waals surface area contributed by atoms with E-state index in [4.69, 9.17) is 0 Å². The zero-order valence-corrected chi connectivity index (χ0v) is 25.3. The second kappa shape index (κ2) is 10.5. The van der Waals surface area contributed by atoms with Crippen LogP contribution in [-0.2, 0) is 0 Å². The molecule has 0 heteroatoms. The maximum atomic E-state index is 4.53. The number of allylic oxidation sites excluding steroid dienone is 2. The van der Waals surface area contributed by atoms with Gasteiger partial charge in [-0.25, -0.2) is 0 Å². The Morgan fingerprint density at radius 3 is 2.00 bits per heavy atom. The molecule has 0 heterocycles. The molecule has 2 saturated carbocycles. The molecule has 2 aliphatic carbocycles. The van der Waals surface area contributed by atoms with Crippen LogP contribution in [0, 0.1) is 56.7 Å². The van der Waals surface area contributed by atoms with Gasteiger partial charge in [0.1, 0.15) is 0 Å². The van der Waals surface area contributed by atoms with Crippen molar-refractivity contribution in [2.24, 2.45) is 56.7 Å². The molecular weight excluding hydrogens is 408 g/mol. The topological polar surface area (TPSA) is 0 Å². The lowest BCUT2D eigenvalue weighted by Gasteiger charge is -2.86. The van der Waals surface area contributed by atoms with E-state index in [1.165, 1.54) is 57.8 Å². The van der Waals surface area contributed by atoms with Gasteiger partial charge in [-0.2, -0.15) is 0 Å². The van der Waals surface area contributed by atoms with Crippen molar-refractivity contribution in [1.82, 2.24) is 0 Å². The monoisotopic (exact) mass is 470 g/mol. The average molecular weight is 471 g/mol. The number of rotatable bonds is 14. The van der Waals surface area contributed by atoms with Crippen LogP contribution in [0.4, 0.5) is 0 Å². The first-order valence-electron chi connectivity index (χ1n) is 15.0. The van der Waals surface area contributed by atoms with E-state index in [2.05, 4.69) is 101 Å². The summed E-state index contributed by atoms with van der Waals surface area (Å²) >= 11 is 0. The Morgan fingerprint density at radius 1 is 0.971 bits per heavy atom. The summed E-state index contributed by atoms with van der Waals surface area (Å²) in [6.45, 7) is 36.8. The zero-order valence-electron chi connectivity index (χ0n) is 25.3. The van der Waals surface area contributed by atoms with Crippen molar-refractivity contribution in [2.45, 2.75) is 134 Å². The van der Waals surface area contributed by atoms with E-state index in [-0.39, 0.29) is 10.8 Å². The molecule has 0 aliphatic heterocycles. The molecule has 0 aromatic carbocycles. The molecule has 0 N–H and O–H groups in total. The highest BCUT2D eigenvalue weighted by molar-refractivity contribution is 5.33. The molecule has 0 amide bonds. The standard InChI is InChI=1S/C34H62/c1-14-19-20-27(9)33(29(17-4)26(8)16-3)24-30(11,18-5)32(33,13)34(21-15-2)28(10)23-31(34,12)22-25(6)7/h16,18,25-29H,3,5,14-15,17,19-24H2,1-2,4,6-13H3. The maximum Gasteiger partial charge on any atom is -0.00786 e. The van der Waals surface area contributed by atoms with Gasteiger partial charge in [0, 0.05) is 0 Å². The largest absolute Gasteiger partial charge is 0.103 e. The fraction of sp³-hybridized carbons (Fsp3) is 0.882. The normalized spacial score (nSPS) is 42.4. The molecule has 9 unspecified atom stereocenters. The number of hydrogen-bond donors (Lipinski definition) is 0. The maximum absolute atomic E-state index is 4.53. The van der Waals surface area contributed by atoms with Crippen LogP contribution in [0.5, 0.6) is 0 Å². The lowest BCUT2D eigenvalue weighted by molar-refractivity contribution is -0.372. The van der Waals surface area contributed by atoms with Crippen LogP contribution >= 0.6 is 0 Å². The van der Waals surface area contributed by atoms with E-state index in [1.807, 2.05) is 0 Å². The van der Waals surface area contributed by atoms with Gasteiger partial charge in [0.15, 0.2) is 0 Å². The van der Waals surface area contributed by atoms with E-state index in [0.29, 0.717) is 28.1 Å². The van der Waals surface area contributed by atoms with Gasteiger partial charge in [0.25, 0.3) is 0 Å². The Morgan fingerprint density at radius 2 is 1.59 bits per heavy atom. The van der Waals surface area contributed by atoms with Crippen LogP contribution in [0.2, 0.25) is 0 Å². The van der Waals surface area contributed by atoms with Gasteiger partial charge in [0.2, 0.25) is 0 Å². The summed E-state index contributed by atoms with van der Waals surface area (Å²) in [5, 5.41) is 0. The van der Waals surface area contributed by atoms with Crippen molar-refractivity contribution < 1.29 is 0 Å². The lowest BCUT2D eigenvalue weighted by Crippen LogP contribution is -2.80. The second-order valence-electron chi connectivity index (χ2n) is 14.1. The minimum atomic E-state index is 0.184. The lowest BCUT2D eigenvalue weighted by atomic mass is 9.18. The molecule has 0 saturated heterocycles. The van der Waals surface area contributed by atoms with Gasteiger partial charge in [0.05, 0.1) is 0 Å². The van der Waals surface area contributed by atoms with E-state index in [1.54, 1.807) is 0 Å². The average Bonchev–Trinajstić information content (AvgIpc) is 2.78. The van der Waals surface area contributed by atoms with Gasteiger partial charge in [-0.1, -0.05) is 120 Å². The SMILES string of the molecule is C=CC(C)C(CC)C1(C(C)CCCC)CC(C)(C=C)C1(C)C1(CCC)C(C)CC1(C)CC(C)C. The zero-order chi connectivity index (χ0) is 26.2. The molecule has 0 bridgehead atoms. The summed E-state index contributed by atoms with van der Waals surface area (Å²) < 4.78 is 0. The highest BCUT2D eigenvalue weighted by Crippen LogP contribution is 2.88. The minimum absolute atomic E-state index is 0.184. The van der Waals surface area contributed by atoms with Gasteiger partial charge in [-0.15, -0.1) is 13.2 Å². The first-order chi connectivity index (χ1) is 15.8. The Kier molecular flexibility index (Phi) is 9.14. The summed E-state index contributed by atoms with van der Waals surface area (Å²) in [6, 6.07) is 0. The Balaban J connectivity index is 2.91. The molecule has 2 fully saturated rings. The first kappa shape index (κ1) is 29.7. The second-order valence-corrected chi connectivity index (χ2v) is 14.1. The predicted octanol–water partition coefficient (Wildman–Crippen LogP) is 11.1. The predicted molar refractivity (Wildman–Crippen MR) is 154 cm³/mol. The smallest absolute Gasteiger partial charge is 0.00786 e. The molecule has 0 nitrogen and oxygen atoms in total. The van der Waals surface area contributed by atoms with Crippen molar-refractivity contribution in [3.63, 3.8) is 0 Å². The molecule has 0 aromatic heterocycles. The fourth-order valence-electron chi connectivity index (χ4n) is 11.2. The van der Waals surface area contributed by atoms with Crippen molar-refractivity contribution in [3.05, 3.63) is 25.3 Å². The summed E-state index contributed by atoms with van der Waals surface area (Å²) in [5.41, 5.74) is 1.51. The summed E-state index contributed by atoms with van der Waals surface area (Å²) in [4.78, 5) is 0. The van der Waals surface area contributed by atoms with E-state index >= 15 is 0 Å². The van der Waals surface area contributed by atoms with E-state index in [0.717, 1.165) is 17.8 Å². The number of unbranched alkanes of at least 4 members (excludes halogenated alkanes) is 1. The van der Waals surface area contributed by atoms with Gasteiger partial charge < -0.3 is 0 Å². The van der Waals surface area contributed by atoms with Crippen LogP contribution in [0.1, 0.15) is 134 Å². The highest BCUT2D eigenvalue weighted by atomic mass is 14.9. The van der Waals surface area contributed by atoms with Crippen molar-refractivity contribution in [2.75, 3.05) is 0 Å². The Labute approximate surface area is 215 Å².